The van der Waals surface area contributed by atoms with E-state index in [2.05, 4.69) is 0 Å². The third-order valence-corrected chi connectivity index (χ3v) is 7.53. The zero-order valence-electron chi connectivity index (χ0n) is 14.0. The summed E-state index contributed by atoms with van der Waals surface area (Å²) in [5.41, 5.74) is 0. The molecule has 2 amide bonds. The largest absolute Gasteiger partial charge is 0.474 e. The number of carbonyl (C=O) groups excluding carboxylic acids is 3. The Morgan fingerprint density at radius 2 is 1.92 bits per heavy atom. The van der Waals surface area contributed by atoms with Crippen LogP contribution in [0.3, 0.4) is 0 Å². The van der Waals surface area contributed by atoms with Crippen molar-refractivity contribution < 1.29 is 28.7 Å². The van der Waals surface area contributed by atoms with Crippen molar-refractivity contribution in [3.63, 3.8) is 0 Å². The summed E-state index contributed by atoms with van der Waals surface area (Å²) in [5.74, 6) is -2.80. The zero-order chi connectivity index (χ0) is 18.2. The second-order valence-electron chi connectivity index (χ2n) is 6.73. The molecule has 1 N–H and O–H groups in total. The summed E-state index contributed by atoms with van der Waals surface area (Å²) < 4.78 is 5.96. The minimum atomic E-state index is -1.93. The van der Waals surface area contributed by atoms with Crippen molar-refractivity contribution in [2.24, 2.45) is 5.92 Å². The molecule has 0 bridgehead atoms. The molecule has 2 rings (SSSR count). The van der Waals surface area contributed by atoms with Crippen LogP contribution >= 0.6 is 23.5 Å². The number of thioether (sulfide) groups is 2. The number of likely N-dealkylation sites (tertiary alicyclic amines) is 1. The summed E-state index contributed by atoms with van der Waals surface area (Å²) in [6, 6.07) is -0.752. The van der Waals surface area contributed by atoms with Gasteiger partial charge in [-0.05, 0) is 26.6 Å². The maximum absolute atomic E-state index is 12.4. The molecule has 0 aromatic heterocycles. The average Bonchev–Trinajstić information content (AvgIpc) is 2.43. The summed E-state index contributed by atoms with van der Waals surface area (Å²) in [6.07, 6.45) is -0.465. The standard InChI is InChI=1S/C14H21NO6S2Si/c1-7(21-24(2,3)4)8-9(10-14(20)23-6-5-22-10)15(11(8)16)12(17)13(18)19/h7-10H,5-6H2,1-4H3,(H,18,19)/t7-,8-,9+,10?/m1/s1. The average molecular weight is 392 g/mol. The monoisotopic (exact) mass is 391 g/mol. The third-order valence-electron chi connectivity index (χ3n) is 3.80. The van der Waals surface area contributed by atoms with Crippen LogP contribution in [0.25, 0.3) is 0 Å². The Kier molecular flexibility index (Phi) is 5.83. The highest BCUT2D eigenvalue weighted by Crippen LogP contribution is 2.41. The van der Waals surface area contributed by atoms with Crippen molar-refractivity contribution in [2.45, 2.75) is 44.0 Å². The van der Waals surface area contributed by atoms with Gasteiger partial charge in [-0.3, -0.25) is 19.3 Å². The summed E-state index contributed by atoms with van der Waals surface area (Å²) in [5, 5.41) is 8.26. The lowest BCUT2D eigenvalue weighted by molar-refractivity contribution is -0.177. The van der Waals surface area contributed by atoms with E-state index in [1.165, 1.54) is 23.5 Å². The number of carbonyl (C=O) groups is 4. The van der Waals surface area contributed by atoms with Gasteiger partial charge in [0.1, 0.15) is 0 Å². The normalized spacial score (nSPS) is 29.2. The molecule has 0 aromatic carbocycles. The fourth-order valence-corrected chi connectivity index (χ4v) is 6.78. The first-order valence-corrected chi connectivity index (χ1v) is 13.0. The first-order valence-electron chi connectivity index (χ1n) is 7.61. The molecule has 7 nitrogen and oxygen atoms in total. The minimum absolute atomic E-state index is 0.114. The summed E-state index contributed by atoms with van der Waals surface area (Å²) in [4.78, 5) is 48.3. The number of amides is 2. The zero-order valence-corrected chi connectivity index (χ0v) is 16.6. The van der Waals surface area contributed by atoms with Gasteiger partial charge in [-0.2, -0.15) is 0 Å². The van der Waals surface area contributed by atoms with Crippen LogP contribution in [-0.4, -0.2) is 70.1 Å². The Hall–Kier alpha value is -0.843. The molecule has 1 unspecified atom stereocenters. The molecule has 0 saturated carbocycles. The fraction of sp³-hybridized carbons (Fsp3) is 0.714. The van der Waals surface area contributed by atoms with E-state index in [0.717, 1.165) is 10.7 Å². The number of carboxylic acid groups (broad SMARTS) is 1. The molecule has 2 saturated heterocycles. The number of β-lactam (4-membered cyclic amide) rings is 1. The van der Waals surface area contributed by atoms with Gasteiger partial charge in [0.2, 0.25) is 11.0 Å². The highest BCUT2D eigenvalue weighted by atomic mass is 32.2. The van der Waals surface area contributed by atoms with Crippen molar-refractivity contribution in [1.29, 1.82) is 0 Å². The molecule has 0 spiro atoms. The molecular formula is C14H21NO6S2Si. The predicted molar refractivity (Wildman–Crippen MR) is 94.4 cm³/mol. The maximum Gasteiger partial charge on any atom is 0.395 e. The van der Waals surface area contributed by atoms with Crippen LogP contribution in [-0.2, 0) is 23.6 Å². The van der Waals surface area contributed by atoms with Crippen LogP contribution in [0.4, 0.5) is 0 Å². The van der Waals surface area contributed by atoms with Gasteiger partial charge in [0.15, 0.2) is 8.32 Å². The molecule has 134 valence electrons. The number of nitrogens with zero attached hydrogens (tertiary/aromatic N) is 1. The minimum Gasteiger partial charge on any atom is -0.474 e. The van der Waals surface area contributed by atoms with Crippen LogP contribution < -0.4 is 0 Å². The Balaban J connectivity index is 2.28. The SMILES string of the molecule is C[C@@H](O[Si](C)(C)C)[C@H]1C(=O)N(C(=O)C(=O)O)[C@@H]1C1SCCSC1=O. The second-order valence-corrected chi connectivity index (χ2v) is 13.5. The van der Waals surface area contributed by atoms with E-state index >= 15 is 0 Å². The van der Waals surface area contributed by atoms with E-state index in [-0.39, 0.29) is 5.12 Å². The molecule has 0 aliphatic carbocycles. The van der Waals surface area contributed by atoms with Crippen LogP contribution in [0.1, 0.15) is 6.92 Å². The van der Waals surface area contributed by atoms with Crippen LogP contribution in [0, 0.1) is 5.92 Å². The van der Waals surface area contributed by atoms with E-state index in [9.17, 15) is 19.2 Å². The Morgan fingerprint density at radius 1 is 1.29 bits per heavy atom. The lowest BCUT2D eigenvalue weighted by Crippen LogP contribution is -2.72. The summed E-state index contributed by atoms with van der Waals surface area (Å²) >= 11 is 2.54. The first kappa shape index (κ1) is 19.5. The Bertz CT molecular complexity index is 578. The van der Waals surface area contributed by atoms with Crippen molar-refractivity contribution >= 4 is 54.7 Å². The highest BCUT2D eigenvalue weighted by molar-refractivity contribution is 8.18. The Labute approximate surface area is 150 Å². The number of hydrogen-bond acceptors (Lipinski definition) is 7. The molecule has 0 radical (unpaired) electrons. The topological polar surface area (TPSA) is 101 Å². The van der Waals surface area contributed by atoms with Gasteiger partial charge in [0.05, 0.1) is 23.3 Å². The molecule has 2 heterocycles. The van der Waals surface area contributed by atoms with Crippen molar-refractivity contribution in [3.05, 3.63) is 0 Å². The van der Waals surface area contributed by atoms with Gasteiger partial charge >= 0.3 is 11.9 Å². The molecule has 2 aliphatic rings. The quantitative estimate of drug-likeness (QED) is 0.431. The van der Waals surface area contributed by atoms with E-state index in [0.29, 0.717) is 5.75 Å². The van der Waals surface area contributed by atoms with Crippen molar-refractivity contribution in [2.75, 3.05) is 11.5 Å². The van der Waals surface area contributed by atoms with E-state index in [1.54, 1.807) is 6.92 Å². The number of hydrogen-bond donors (Lipinski definition) is 1. The number of imide groups is 1. The number of carboxylic acids is 1. The summed E-state index contributed by atoms with van der Waals surface area (Å²) in [7, 11) is -1.93. The molecule has 0 aromatic rings. The lowest BCUT2D eigenvalue weighted by Gasteiger charge is -2.50. The predicted octanol–water partition coefficient (Wildman–Crippen LogP) is 1.04. The van der Waals surface area contributed by atoms with Crippen molar-refractivity contribution in [1.82, 2.24) is 4.90 Å². The third kappa shape index (κ3) is 3.87. The van der Waals surface area contributed by atoms with Gasteiger partial charge < -0.3 is 9.53 Å². The van der Waals surface area contributed by atoms with Gasteiger partial charge in [-0.15, -0.1) is 11.8 Å². The van der Waals surface area contributed by atoms with Gasteiger partial charge in [0, 0.05) is 11.5 Å². The highest BCUT2D eigenvalue weighted by Gasteiger charge is 2.59. The lowest BCUT2D eigenvalue weighted by atomic mass is 9.81. The fourth-order valence-electron chi connectivity index (χ4n) is 3.01. The van der Waals surface area contributed by atoms with Gasteiger partial charge in [-0.1, -0.05) is 11.8 Å². The maximum atomic E-state index is 12.4. The van der Waals surface area contributed by atoms with Gasteiger partial charge in [0.25, 0.3) is 0 Å². The summed E-state index contributed by atoms with van der Waals surface area (Å²) in [6.45, 7) is 7.70. The van der Waals surface area contributed by atoms with Crippen molar-refractivity contribution in [3.8, 4) is 0 Å². The number of rotatable bonds is 4. The Morgan fingerprint density at radius 3 is 2.42 bits per heavy atom. The van der Waals surface area contributed by atoms with E-state index in [1.807, 2.05) is 19.6 Å². The van der Waals surface area contributed by atoms with Gasteiger partial charge in [-0.25, -0.2) is 4.79 Å². The molecule has 4 atom stereocenters. The molecule has 10 heteroatoms. The van der Waals surface area contributed by atoms with Crippen LogP contribution in [0.5, 0.6) is 0 Å². The molecular weight excluding hydrogens is 370 g/mol. The van der Waals surface area contributed by atoms with Crippen LogP contribution in [0.15, 0.2) is 0 Å². The molecule has 24 heavy (non-hydrogen) atoms. The van der Waals surface area contributed by atoms with E-state index in [4.69, 9.17) is 9.53 Å². The second kappa shape index (κ2) is 7.18. The number of aliphatic carboxylic acids is 1. The first-order chi connectivity index (χ1) is 11.0. The molecule has 2 aliphatic heterocycles. The molecule has 2 fully saturated rings. The smallest absolute Gasteiger partial charge is 0.395 e. The van der Waals surface area contributed by atoms with Crippen LogP contribution in [0.2, 0.25) is 19.6 Å². The van der Waals surface area contributed by atoms with E-state index < -0.39 is 49.4 Å².